The molecule has 1 aromatic carbocycles. The highest BCUT2D eigenvalue weighted by molar-refractivity contribution is 7.99. The number of carboxylic acids is 1. The number of aliphatic carboxylic acids is 1. The van der Waals surface area contributed by atoms with Crippen LogP contribution in [-0.2, 0) is 17.0 Å². The van der Waals surface area contributed by atoms with Crippen molar-refractivity contribution in [2.45, 2.75) is 38.2 Å². The van der Waals surface area contributed by atoms with Crippen molar-refractivity contribution in [3.63, 3.8) is 0 Å². The molecule has 0 saturated carbocycles. The summed E-state index contributed by atoms with van der Waals surface area (Å²) in [4.78, 5) is 10.8. The maximum absolute atomic E-state index is 10.8. The highest BCUT2D eigenvalue weighted by Crippen LogP contribution is 2.24. The minimum absolute atomic E-state index is 0.118. The Morgan fingerprint density at radius 1 is 1.24 bits per heavy atom. The molecular weight excluding hydrogens is 232 g/mol. The molecule has 0 fully saturated rings. The average molecular weight is 252 g/mol. The Hall–Kier alpha value is -0.960. The number of carboxylic acid groups (broad SMARTS) is 1. The van der Waals surface area contributed by atoms with Crippen LogP contribution in [0.2, 0.25) is 0 Å². The lowest BCUT2D eigenvalue weighted by Crippen LogP contribution is -2.07. The summed E-state index contributed by atoms with van der Waals surface area (Å²) in [5.41, 5.74) is 2.08. The van der Waals surface area contributed by atoms with E-state index in [1.54, 1.807) is 0 Å². The fourth-order valence-electron chi connectivity index (χ4n) is 1.45. The summed E-state index contributed by atoms with van der Waals surface area (Å²) in [6.45, 7) is 6.64. The van der Waals surface area contributed by atoms with E-state index < -0.39 is 5.97 Å². The molecule has 2 nitrogen and oxygen atoms in total. The van der Waals surface area contributed by atoms with Gasteiger partial charge in [-0.25, -0.2) is 0 Å². The molecule has 0 saturated heterocycles. The molecular formula is C14H20O2S. The predicted molar refractivity (Wildman–Crippen MR) is 73.4 cm³/mol. The topological polar surface area (TPSA) is 37.3 Å². The fourth-order valence-corrected chi connectivity index (χ4v) is 2.56. The van der Waals surface area contributed by atoms with Crippen molar-refractivity contribution < 1.29 is 9.90 Å². The SMILES string of the molecule is CC(C)C(C)SCc1ccccc1CC(=O)O. The Bertz CT molecular complexity index is 374. The summed E-state index contributed by atoms with van der Waals surface area (Å²) in [7, 11) is 0. The Balaban J connectivity index is 2.66. The molecule has 1 N–H and O–H groups in total. The van der Waals surface area contributed by atoms with Gasteiger partial charge in [0.1, 0.15) is 0 Å². The summed E-state index contributed by atoms with van der Waals surface area (Å²) < 4.78 is 0. The maximum Gasteiger partial charge on any atom is 0.307 e. The highest BCUT2D eigenvalue weighted by Gasteiger charge is 2.10. The van der Waals surface area contributed by atoms with Crippen LogP contribution in [0.3, 0.4) is 0 Å². The van der Waals surface area contributed by atoms with Gasteiger partial charge in [0.05, 0.1) is 6.42 Å². The maximum atomic E-state index is 10.8. The molecule has 0 spiro atoms. The van der Waals surface area contributed by atoms with E-state index in [0.29, 0.717) is 11.2 Å². The molecule has 0 heterocycles. The first-order valence-corrected chi connectivity index (χ1v) is 6.95. The van der Waals surface area contributed by atoms with Crippen LogP contribution >= 0.6 is 11.8 Å². The number of thioether (sulfide) groups is 1. The first-order valence-electron chi connectivity index (χ1n) is 5.91. The van der Waals surface area contributed by atoms with Gasteiger partial charge in [0, 0.05) is 11.0 Å². The van der Waals surface area contributed by atoms with Crippen LogP contribution in [0, 0.1) is 5.92 Å². The third-order valence-corrected chi connectivity index (χ3v) is 4.45. The van der Waals surface area contributed by atoms with Crippen molar-refractivity contribution in [1.82, 2.24) is 0 Å². The first kappa shape index (κ1) is 14.1. The van der Waals surface area contributed by atoms with E-state index in [-0.39, 0.29) is 6.42 Å². The van der Waals surface area contributed by atoms with Crippen LogP contribution in [0.5, 0.6) is 0 Å². The second-order valence-corrected chi connectivity index (χ2v) is 5.96. The highest BCUT2D eigenvalue weighted by atomic mass is 32.2. The van der Waals surface area contributed by atoms with Crippen LogP contribution in [0.15, 0.2) is 24.3 Å². The van der Waals surface area contributed by atoms with Crippen molar-refractivity contribution in [1.29, 1.82) is 0 Å². The van der Waals surface area contributed by atoms with Gasteiger partial charge in [-0.15, -0.1) is 0 Å². The molecule has 1 aromatic rings. The van der Waals surface area contributed by atoms with E-state index in [1.165, 1.54) is 0 Å². The number of carbonyl (C=O) groups is 1. The van der Waals surface area contributed by atoms with E-state index in [4.69, 9.17) is 5.11 Å². The molecule has 0 bridgehead atoms. The first-order chi connectivity index (χ1) is 8.00. The van der Waals surface area contributed by atoms with Crippen LogP contribution < -0.4 is 0 Å². The Labute approximate surface area is 107 Å². The largest absolute Gasteiger partial charge is 0.481 e. The van der Waals surface area contributed by atoms with Crippen molar-refractivity contribution in [3.05, 3.63) is 35.4 Å². The quantitative estimate of drug-likeness (QED) is 0.840. The minimum atomic E-state index is -0.764. The number of hydrogen-bond acceptors (Lipinski definition) is 2. The fraction of sp³-hybridized carbons (Fsp3) is 0.500. The molecule has 0 aliphatic carbocycles. The summed E-state index contributed by atoms with van der Waals surface area (Å²) in [5.74, 6) is 0.772. The monoisotopic (exact) mass is 252 g/mol. The van der Waals surface area contributed by atoms with Gasteiger partial charge in [-0.1, -0.05) is 45.0 Å². The molecule has 0 aliphatic rings. The number of rotatable bonds is 6. The van der Waals surface area contributed by atoms with E-state index in [2.05, 4.69) is 20.8 Å². The van der Waals surface area contributed by atoms with Crippen LogP contribution in [-0.4, -0.2) is 16.3 Å². The Morgan fingerprint density at radius 2 is 1.82 bits per heavy atom. The van der Waals surface area contributed by atoms with Gasteiger partial charge in [-0.05, 0) is 17.0 Å². The molecule has 0 aromatic heterocycles. The lowest BCUT2D eigenvalue weighted by molar-refractivity contribution is -0.136. The van der Waals surface area contributed by atoms with Crippen LogP contribution in [0.1, 0.15) is 31.9 Å². The zero-order valence-electron chi connectivity index (χ0n) is 10.6. The summed E-state index contributed by atoms with van der Waals surface area (Å²) >= 11 is 1.89. The zero-order chi connectivity index (χ0) is 12.8. The average Bonchev–Trinajstić information content (AvgIpc) is 2.26. The minimum Gasteiger partial charge on any atom is -0.481 e. The summed E-state index contributed by atoms with van der Waals surface area (Å²) in [6, 6.07) is 7.81. The Morgan fingerprint density at radius 3 is 2.35 bits per heavy atom. The van der Waals surface area contributed by atoms with Crippen molar-refractivity contribution in [3.8, 4) is 0 Å². The smallest absolute Gasteiger partial charge is 0.307 e. The van der Waals surface area contributed by atoms with E-state index in [0.717, 1.165) is 16.9 Å². The third-order valence-electron chi connectivity index (χ3n) is 2.90. The van der Waals surface area contributed by atoms with Gasteiger partial charge >= 0.3 is 5.97 Å². The van der Waals surface area contributed by atoms with Gasteiger partial charge in [0.2, 0.25) is 0 Å². The van der Waals surface area contributed by atoms with Gasteiger partial charge in [-0.3, -0.25) is 4.79 Å². The Kier molecular flexibility index (Phi) is 5.56. The van der Waals surface area contributed by atoms with E-state index >= 15 is 0 Å². The summed E-state index contributed by atoms with van der Waals surface area (Å²) in [6.07, 6.45) is 0.118. The number of benzene rings is 1. The second-order valence-electron chi connectivity index (χ2n) is 4.60. The zero-order valence-corrected chi connectivity index (χ0v) is 11.5. The van der Waals surface area contributed by atoms with Gasteiger partial charge in [0.15, 0.2) is 0 Å². The van der Waals surface area contributed by atoms with Crippen LogP contribution in [0.25, 0.3) is 0 Å². The van der Waals surface area contributed by atoms with Gasteiger partial charge < -0.3 is 5.11 Å². The molecule has 17 heavy (non-hydrogen) atoms. The molecule has 0 radical (unpaired) electrons. The predicted octanol–water partition coefficient (Wildman–Crippen LogP) is 3.59. The number of hydrogen-bond donors (Lipinski definition) is 1. The molecule has 94 valence electrons. The molecule has 3 heteroatoms. The van der Waals surface area contributed by atoms with Gasteiger partial charge in [0.25, 0.3) is 0 Å². The van der Waals surface area contributed by atoms with Crippen LogP contribution in [0.4, 0.5) is 0 Å². The second kappa shape index (κ2) is 6.70. The summed E-state index contributed by atoms with van der Waals surface area (Å²) in [5, 5.41) is 9.44. The van der Waals surface area contributed by atoms with E-state index in [1.807, 2.05) is 36.0 Å². The molecule has 0 amide bonds. The molecule has 1 unspecified atom stereocenters. The van der Waals surface area contributed by atoms with Crippen molar-refractivity contribution >= 4 is 17.7 Å². The normalized spacial score (nSPS) is 12.7. The standard InChI is InChI=1S/C14H20O2S/c1-10(2)11(3)17-9-13-7-5-4-6-12(13)8-14(15)16/h4-7,10-11H,8-9H2,1-3H3,(H,15,16). The van der Waals surface area contributed by atoms with Gasteiger partial charge in [-0.2, -0.15) is 11.8 Å². The van der Waals surface area contributed by atoms with E-state index in [9.17, 15) is 4.79 Å². The molecule has 1 atom stereocenters. The third kappa shape index (κ3) is 4.82. The molecule has 0 aliphatic heterocycles. The lowest BCUT2D eigenvalue weighted by Gasteiger charge is -2.16. The lowest BCUT2D eigenvalue weighted by atomic mass is 10.1. The van der Waals surface area contributed by atoms with Crippen molar-refractivity contribution in [2.24, 2.45) is 5.92 Å². The van der Waals surface area contributed by atoms with Crippen molar-refractivity contribution in [2.75, 3.05) is 0 Å². The molecule has 1 rings (SSSR count).